The number of hydrogen-bond donors (Lipinski definition) is 1. The number of fused-ring (bicyclic) bond motifs is 2. The lowest BCUT2D eigenvalue weighted by Gasteiger charge is -2.18. The molecule has 0 saturated heterocycles. The standard InChI is InChI=1S/C27H29F3N4O3/c1-7-27(29,30)13-34-20(11-16-8-9-18(15(4)31)22(28)23(16)34)25-32-19-10-17(26(35)37-14(2)3)12-21(36-6)24(19)33(25)5/h7-12,14-15H,1,13,31H2,2-6H3. The number of nitrogens with zero attached hydrogens (tertiary/aromatic N) is 3. The highest BCUT2D eigenvalue weighted by Crippen LogP contribution is 2.37. The monoisotopic (exact) mass is 514 g/mol. The Hall–Kier alpha value is -3.79. The zero-order chi connectivity index (χ0) is 27.2. The minimum Gasteiger partial charge on any atom is -0.494 e. The van der Waals surface area contributed by atoms with Gasteiger partial charge in [0.1, 0.15) is 11.3 Å². The van der Waals surface area contributed by atoms with Gasteiger partial charge in [-0.25, -0.2) is 22.9 Å². The molecule has 0 aliphatic carbocycles. The summed E-state index contributed by atoms with van der Waals surface area (Å²) >= 11 is 0. The van der Waals surface area contributed by atoms with Crippen molar-refractivity contribution in [3.8, 4) is 17.3 Å². The maximum atomic E-state index is 15.6. The summed E-state index contributed by atoms with van der Waals surface area (Å²) in [5.41, 5.74) is 7.52. The van der Waals surface area contributed by atoms with Crippen LogP contribution < -0.4 is 10.5 Å². The molecule has 10 heteroatoms. The van der Waals surface area contributed by atoms with Crippen LogP contribution in [0.3, 0.4) is 0 Å². The van der Waals surface area contributed by atoms with Gasteiger partial charge in [-0.2, -0.15) is 0 Å². The van der Waals surface area contributed by atoms with Crippen LogP contribution in [0.5, 0.6) is 5.75 Å². The Kier molecular flexibility index (Phi) is 6.81. The summed E-state index contributed by atoms with van der Waals surface area (Å²) < 4.78 is 58.5. The van der Waals surface area contributed by atoms with Gasteiger partial charge in [0.2, 0.25) is 0 Å². The molecule has 2 heterocycles. The molecule has 2 aromatic heterocycles. The summed E-state index contributed by atoms with van der Waals surface area (Å²) in [4.78, 5) is 17.2. The first-order chi connectivity index (χ1) is 17.4. The fourth-order valence-electron chi connectivity index (χ4n) is 4.40. The van der Waals surface area contributed by atoms with Crippen LogP contribution >= 0.6 is 0 Å². The average molecular weight is 515 g/mol. The molecule has 0 bridgehead atoms. The third-order valence-electron chi connectivity index (χ3n) is 6.15. The van der Waals surface area contributed by atoms with E-state index in [1.807, 2.05) is 0 Å². The van der Waals surface area contributed by atoms with E-state index in [0.717, 1.165) is 0 Å². The van der Waals surface area contributed by atoms with E-state index in [1.165, 1.54) is 17.7 Å². The summed E-state index contributed by atoms with van der Waals surface area (Å²) in [7, 11) is 3.14. The maximum absolute atomic E-state index is 15.6. The van der Waals surface area contributed by atoms with Gasteiger partial charge in [-0.1, -0.05) is 18.7 Å². The molecule has 4 rings (SSSR count). The Morgan fingerprint density at radius 2 is 1.92 bits per heavy atom. The number of rotatable bonds is 8. The fraction of sp³-hybridized carbons (Fsp3) is 0.333. The number of alkyl halides is 2. The second-order valence-corrected chi connectivity index (χ2v) is 9.27. The largest absolute Gasteiger partial charge is 0.494 e. The number of ether oxygens (including phenoxy) is 2. The molecule has 0 spiro atoms. The summed E-state index contributed by atoms with van der Waals surface area (Å²) in [5.74, 6) is -3.92. The van der Waals surface area contributed by atoms with Gasteiger partial charge >= 0.3 is 5.97 Å². The lowest BCUT2D eigenvalue weighted by atomic mass is 10.1. The Balaban J connectivity index is 2.01. The van der Waals surface area contributed by atoms with Gasteiger partial charge in [0.15, 0.2) is 11.6 Å². The van der Waals surface area contributed by atoms with Crippen LogP contribution in [-0.2, 0) is 18.3 Å². The van der Waals surface area contributed by atoms with E-state index in [-0.39, 0.29) is 34.3 Å². The van der Waals surface area contributed by atoms with Crippen molar-refractivity contribution in [3.63, 3.8) is 0 Å². The van der Waals surface area contributed by atoms with Gasteiger partial charge < -0.3 is 24.3 Å². The van der Waals surface area contributed by atoms with Gasteiger partial charge in [-0.15, -0.1) is 0 Å². The molecule has 0 saturated carbocycles. The number of nitrogens with two attached hydrogens (primary N) is 1. The van der Waals surface area contributed by atoms with Crippen LogP contribution in [0.25, 0.3) is 33.5 Å². The van der Waals surface area contributed by atoms with Crippen molar-refractivity contribution >= 4 is 27.9 Å². The second kappa shape index (κ2) is 9.59. The number of carbonyl (C=O) groups excluding carboxylic acids is 1. The summed E-state index contributed by atoms with van der Waals surface area (Å²) in [6, 6.07) is 7.24. The number of benzene rings is 2. The molecule has 0 fully saturated rings. The molecule has 1 atom stereocenters. The maximum Gasteiger partial charge on any atom is 0.338 e. The van der Waals surface area contributed by atoms with E-state index in [9.17, 15) is 13.6 Å². The van der Waals surface area contributed by atoms with Crippen molar-refractivity contribution in [2.24, 2.45) is 12.8 Å². The van der Waals surface area contributed by atoms with Crippen LogP contribution in [0.2, 0.25) is 0 Å². The predicted octanol–water partition coefficient (Wildman–Crippen LogP) is 5.75. The number of aromatic nitrogens is 3. The van der Waals surface area contributed by atoms with Crippen LogP contribution in [0, 0.1) is 5.82 Å². The summed E-state index contributed by atoms with van der Waals surface area (Å²) in [6.45, 7) is 7.46. The minimum atomic E-state index is -3.33. The molecular weight excluding hydrogens is 485 g/mol. The predicted molar refractivity (Wildman–Crippen MR) is 136 cm³/mol. The van der Waals surface area contributed by atoms with E-state index in [4.69, 9.17) is 15.2 Å². The van der Waals surface area contributed by atoms with E-state index in [2.05, 4.69) is 11.6 Å². The van der Waals surface area contributed by atoms with E-state index in [0.29, 0.717) is 28.2 Å². The zero-order valence-electron chi connectivity index (χ0n) is 21.3. The molecule has 2 N–H and O–H groups in total. The molecule has 0 amide bonds. The average Bonchev–Trinajstić information content (AvgIpc) is 3.35. The van der Waals surface area contributed by atoms with Gasteiger partial charge in [0.25, 0.3) is 5.92 Å². The topological polar surface area (TPSA) is 84.3 Å². The Morgan fingerprint density at radius 3 is 2.51 bits per heavy atom. The van der Waals surface area contributed by atoms with Crippen molar-refractivity contribution in [1.82, 2.24) is 14.1 Å². The quantitative estimate of drug-likeness (QED) is 0.239. The van der Waals surface area contributed by atoms with Crippen LogP contribution in [0.4, 0.5) is 13.2 Å². The highest BCUT2D eigenvalue weighted by Gasteiger charge is 2.30. The number of methoxy groups -OCH3 is 1. The van der Waals surface area contributed by atoms with Crippen molar-refractivity contribution in [2.75, 3.05) is 7.11 Å². The molecule has 4 aromatic rings. The molecule has 1 unspecified atom stereocenters. The number of allylic oxidation sites excluding steroid dienone is 1. The molecule has 2 aromatic carbocycles. The molecule has 196 valence electrons. The third kappa shape index (κ3) is 4.69. The van der Waals surface area contributed by atoms with Gasteiger partial charge in [0, 0.05) is 24.0 Å². The van der Waals surface area contributed by atoms with Crippen molar-refractivity contribution in [2.45, 2.75) is 45.4 Å². The van der Waals surface area contributed by atoms with Crippen molar-refractivity contribution in [1.29, 1.82) is 0 Å². The molecule has 0 radical (unpaired) electrons. The Bertz CT molecular complexity index is 1520. The number of hydrogen-bond acceptors (Lipinski definition) is 5. The van der Waals surface area contributed by atoms with Crippen molar-refractivity contribution < 1.29 is 27.4 Å². The summed E-state index contributed by atoms with van der Waals surface area (Å²) in [5, 5.41) is 0.414. The van der Waals surface area contributed by atoms with E-state index < -0.39 is 30.3 Å². The first-order valence-corrected chi connectivity index (χ1v) is 11.7. The highest BCUT2D eigenvalue weighted by atomic mass is 19.3. The van der Waals surface area contributed by atoms with Crippen LogP contribution in [0.15, 0.2) is 43.0 Å². The lowest BCUT2D eigenvalue weighted by molar-refractivity contribution is 0.0370. The van der Waals surface area contributed by atoms with Gasteiger partial charge in [-0.05, 0) is 45.0 Å². The fourth-order valence-corrected chi connectivity index (χ4v) is 4.40. The van der Waals surface area contributed by atoms with Gasteiger partial charge in [0.05, 0.1) is 42.0 Å². The lowest BCUT2D eigenvalue weighted by Crippen LogP contribution is -2.22. The Labute approximate surface area is 212 Å². The van der Waals surface area contributed by atoms with Crippen LogP contribution in [-0.4, -0.2) is 39.2 Å². The number of aryl methyl sites for hydroxylation is 1. The minimum absolute atomic E-state index is 0.00783. The van der Waals surface area contributed by atoms with Gasteiger partial charge in [-0.3, -0.25) is 0 Å². The summed E-state index contributed by atoms with van der Waals surface area (Å²) in [6.07, 6.45) is 0.201. The smallest absolute Gasteiger partial charge is 0.338 e. The van der Waals surface area contributed by atoms with Crippen molar-refractivity contribution in [3.05, 3.63) is 59.9 Å². The van der Waals surface area contributed by atoms with E-state index in [1.54, 1.807) is 56.7 Å². The number of imidazole rings is 1. The van der Waals surface area contributed by atoms with Crippen LogP contribution in [0.1, 0.15) is 42.7 Å². The third-order valence-corrected chi connectivity index (χ3v) is 6.15. The molecule has 7 nitrogen and oxygen atoms in total. The molecule has 0 aliphatic rings. The number of halogens is 3. The Morgan fingerprint density at radius 1 is 1.22 bits per heavy atom. The number of esters is 1. The molecule has 37 heavy (non-hydrogen) atoms. The highest BCUT2D eigenvalue weighted by molar-refractivity contribution is 5.97. The molecular formula is C27H29F3N4O3. The first-order valence-electron chi connectivity index (χ1n) is 11.7. The SMILES string of the molecule is C=CC(F)(F)Cn1c(-c2nc3cc(C(=O)OC(C)C)cc(OC)c3n2C)cc2ccc(C(C)N)c(F)c21. The first kappa shape index (κ1) is 26.3. The normalized spacial score (nSPS) is 12.9. The van der Waals surface area contributed by atoms with E-state index >= 15 is 4.39 Å². The second-order valence-electron chi connectivity index (χ2n) is 9.27. The zero-order valence-corrected chi connectivity index (χ0v) is 21.3. The molecule has 0 aliphatic heterocycles. The number of carbonyl (C=O) groups is 1.